The van der Waals surface area contributed by atoms with Crippen molar-refractivity contribution in [1.82, 2.24) is 10.8 Å². The Labute approximate surface area is 95.7 Å². The number of hydrogen-bond donors (Lipinski definition) is 3. The zero-order valence-corrected chi connectivity index (χ0v) is 9.12. The lowest BCUT2D eigenvalue weighted by molar-refractivity contribution is -0.129. The fourth-order valence-corrected chi connectivity index (χ4v) is 2.03. The summed E-state index contributed by atoms with van der Waals surface area (Å²) in [6.45, 7) is 0.127. The molecule has 0 saturated carbocycles. The van der Waals surface area contributed by atoms with Crippen LogP contribution in [0, 0.1) is 0 Å². The first kappa shape index (κ1) is 11.1. The van der Waals surface area contributed by atoms with E-state index < -0.39 is 12.1 Å². The van der Waals surface area contributed by atoms with E-state index in [0.717, 1.165) is 4.88 Å². The topological polar surface area (TPSA) is 93.5 Å². The van der Waals surface area contributed by atoms with Crippen LogP contribution in [0.4, 0.5) is 0 Å². The number of carbonyl (C=O) groups excluding carboxylic acids is 2. The summed E-state index contributed by atoms with van der Waals surface area (Å²) in [5.41, 5.74) is 7.89. The van der Waals surface area contributed by atoms with Gasteiger partial charge in [-0.15, -0.1) is 11.3 Å². The van der Waals surface area contributed by atoms with Crippen molar-refractivity contribution in [3.8, 4) is 0 Å². The van der Waals surface area contributed by atoms with E-state index in [4.69, 9.17) is 5.73 Å². The molecule has 1 aliphatic rings. The van der Waals surface area contributed by atoms with Crippen molar-refractivity contribution in [1.29, 1.82) is 0 Å². The molecule has 0 radical (unpaired) electrons. The minimum absolute atomic E-state index is 0.127. The summed E-state index contributed by atoms with van der Waals surface area (Å²) in [5.74, 6) is -0.736. The molecule has 1 aromatic heterocycles. The molecule has 4 N–H and O–H groups in total. The predicted octanol–water partition coefficient (Wildman–Crippen LogP) is -0.706. The van der Waals surface area contributed by atoms with E-state index in [2.05, 4.69) is 15.6 Å². The van der Waals surface area contributed by atoms with E-state index in [9.17, 15) is 9.59 Å². The zero-order chi connectivity index (χ0) is 11.5. The molecule has 6 nitrogen and oxygen atoms in total. The SMILES string of the molecule is NC(C(=O)N[C@@H]1CONC1=O)c1cccs1. The third-order valence-corrected chi connectivity index (χ3v) is 3.14. The highest BCUT2D eigenvalue weighted by Crippen LogP contribution is 2.16. The Morgan fingerprint density at radius 1 is 1.75 bits per heavy atom. The lowest BCUT2D eigenvalue weighted by atomic mass is 10.2. The third kappa shape index (κ3) is 2.21. The number of thiophene rings is 1. The summed E-state index contributed by atoms with van der Waals surface area (Å²) in [6, 6.07) is 2.20. The van der Waals surface area contributed by atoms with Crippen molar-refractivity contribution in [2.75, 3.05) is 6.61 Å². The van der Waals surface area contributed by atoms with E-state index >= 15 is 0 Å². The maximum atomic E-state index is 11.7. The molecule has 2 heterocycles. The van der Waals surface area contributed by atoms with E-state index in [1.54, 1.807) is 6.07 Å². The fourth-order valence-electron chi connectivity index (χ4n) is 1.31. The van der Waals surface area contributed by atoms with Crippen molar-refractivity contribution in [2.45, 2.75) is 12.1 Å². The summed E-state index contributed by atoms with van der Waals surface area (Å²) in [7, 11) is 0. The van der Waals surface area contributed by atoms with Gasteiger partial charge in [0.25, 0.3) is 5.91 Å². The molecule has 2 amide bonds. The Morgan fingerprint density at radius 3 is 3.12 bits per heavy atom. The van der Waals surface area contributed by atoms with Gasteiger partial charge in [0, 0.05) is 4.88 Å². The summed E-state index contributed by atoms with van der Waals surface area (Å²) in [6.07, 6.45) is 0. The largest absolute Gasteiger partial charge is 0.340 e. The van der Waals surface area contributed by atoms with Gasteiger partial charge in [-0.2, -0.15) is 0 Å². The van der Waals surface area contributed by atoms with Gasteiger partial charge in [-0.25, -0.2) is 5.48 Å². The highest BCUT2D eigenvalue weighted by atomic mass is 32.1. The zero-order valence-electron chi connectivity index (χ0n) is 8.30. The minimum atomic E-state index is -0.742. The Balaban J connectivity index is 1.95. The molecule has 2 rings (SSSR count). The standard InChI is InChI=1S/C9H11N3O3S/c10-7(6-2-1-3-16-6)9(14)11-5-4-15-12-8(5)13/h1-3,5,7H,4,10H2,(H,11,14)(H,12,13)/t5-,7?/m1/s1. The number of rotatable bonds is 3. The first-order valence-corrected chi connectivity index (χ1v) is 5.57. The van der Waals surface area contributed by atoms with Crippen LogP contribution in [0.3, 0.4) is 0 Å². The van der Waals surface area contributed by atoms with Crippen molar-refractivity contribution < 1.29 is 14.4 Å². The molecule has 86 valence electrons. The van der Waals surface area contributed by atoms with Gasteiger partial charge in [-0.1, -0.05) is 6.07 Å². The van der Waals surface area contributed by atoms with Gasteiger partial charge < -0.3 is 11.1 Å². The summed E-state index contributed by atoms with van der Waals surface area (Å²) in [5, 5.41) is 4.36. The Morgan fingerprint density at radius 2 is 2.56 bits per heavy atom. The normalized spacial score (nSPS) is 21.6. The van der Waals surface area contributed by atoms with Crippen LogP contribution in [-0.2, 0) is 14.4 Å². The number of hydrogen-bond acceptors (Lipinski definition) is 5. The first-order valence-electron chi connectivity index (χ1n) is 4.69. The molecule has 1 aromatic rings. The van der Waals surface area contributed by atoms with Gasteiger partial charge in [0.1, 0.15) is 18.7 Å². The number of amides is 2. The number of carbonyl (C=O) groups is 2. The second-order valence-corrected chi connectivity index (χ2v) is 4.31. The lowest BCUT2D eigenvalue weighted by Gasteiger charge is -2.12. The average molecular weight is 241 g/mol. The minimum Gasteiger partial charge on any atom is -0.340 e. The molecule has 2 atom stereocenters. The summed E-state index contributed by atoms with van der Waals surface area (Å²) >= 11 is 1.40. The average Bonchev–Trinajstić information content (AvgIpc) is 2.89. The van der Waals surface area contributed by atoms with E-state index in [0.29, 0.717) is 0 Å². The molecular weight excluding hydrogens is 230 g/mol. The molecule has 1 fully saturated rings. The molecule has 0 aliphatic carbocycles. The molecule has 7 heteroatoms. The van der Waals surface area contributed by atoms with Gasteiger partial charge in [-0.3, -0.25) is 14.4 Å². The van der Waals surface area contributed by atoms with Gasteiger partial charge in [0.05, 0.1) is 0 Å². The van der Waals surface area contributed by atoms with Gasteiger partial charge in [0.15, 0.2) is 0 Å². The quantitative estimate of drug-likeness (QED) is 0.652. The molecule has 0 bridgehead atoms. The number of hydroxylamine groups is 1. The van der Waals surface area contributed by atoms with Gasteiger partial charge in [0.2, 0.25) is 5.91 Å². The summed E-state index contributed by atoms with van der Waals surface area (Å²) in [4.78, 5) is 28.3. The van der Waals surface area contributed by atoms with Crippen LogP contribution in [0.1, 0.15) is 10.9 Å². The molecule has 1 unspecified atom stereocenters. The molecule has 0 spiro atoms. The van der Waals surface area contributed by atoms with Crippen molar-refractivity contribution in [3.05, 3.63) is 22.4 Å². The van der Waals surface area contributed by atoms with Crippen LogP contribution >= 0.6 is 11.3 Å². The van der Waals surface area contributed by atoms with Crippen LogP contribution in [0.2, 0.25) is 0 Å². The molecule has 16 heavy (non-hydrogen) atoms. The van der Waals surface area contributed by atoms with Crippen LogP contribution in [0.15, 0.2) is 17.5 Å². The van der Waals surface area contributed by atoms with Crippen molar-refractivity contribution in [2.24, 2.45) is 5.73 Å². The van der Waals surface area contributed by atoms with Crippen LogP contribution < -0.4 is 16.5 Å². The van der Waals surface area contributed by atoms with Crippen molar-refractivity contribution in [3.63, 3.8) is 0 Å². The molecule has 1 aliphatic heterocycles. The van der Waals surface area contributed by atoms with Gasteiger partial charge in [-0.05, 0) is 11.4 Å². The predicted molar refractivity (Wildman–Crippen MR) is 57.3 cm³/mol. The Bertz CT molecular complexity index is 393. The van der Waals surface area contributed by atoms with E-state index in [-0.39, 0.29) is 18.4 Å². The molecular formula is C9H11N3O3S. The molecule has 1 saturated heterocycles. The second kappa shape index (κ2) is 4.60. The first-order chi connectivity index (χ1) is 7.68. The van der Waals surface area contributed by atoms with Crippen molar-refractivity contribution >= 4 is 23.2 Å². The monoisotopic (exact) mass is 241 g/mol. The Hall–Kier alpha value is -1.44. The molecule has 0 aromatic carbocycles. The van der Waals surface area contributed by atoms with Gasteiger partial charge >= 0.3 is 0 Å². The van der Waals surface area contributed by atoms with Crippen LogP contribution in [-0.4, -0.2) is 24.5 Å². The highest BCUT2D eigenvalue weighted by molar-refractivity contribution is 7.10. The third-order valence-electron chi connectivity index (χ3n) is 2.19. The fraction of sp³-hybridized carbons (Fsp3) is 0.333. The highest BCUT2D eigenvalue weighted by Gasteiger charge is 2.29. The lowest BCUT2D eigenvalue weighted by Crippen LogP contribution is -2.45. The van der Waals surface area contributed by atoms with Crippen LogP contribution in [0.5, 0.6) is 0 Å². The number of nitrogens with two attached hydrogens (primary N) is 1. The van der Waals surface area contributed by atoms with E-state index in [1.807, 2.05) is 11.4 Å². The Kier molecular flexibility index (Phi) is 3.18. The van der Waals surface area contributed by atoms with Crippen LogP contribution in [0.25, 0.3) is 0 Å². The number of nitrogens with one attached hydrogen (secondary N) is 2. The maximum absolute atomic E-state index is 11.7. The smallest absolute Gasteiger partial charge is 0.268 e. The second-order valence-electron chi connectivity index (χ2n) is 3.33. The van der Waals surface area contributed by atoms with E-state index in [1.165, 1.54) is 11.3 Å². The maximum Gasteiger partial charge on any atom is 0.268 e. The summed E-state index contributed by atoms with van der Waals surface area (Å²) < 4.78 is 0.